The van der Waals surface area contributed by atoms with Gasteiger partial charge in [0, 0.05) is 54.9 Å². The van der Waals surface area contributed by atoms with Crippen LogP contribution in [-0.4, -0.2) is 58.0 Å². The quantitative estimate of drug-likeness (QED) is 0.558. The second kappa shape index (κ2) is 9.12. The molecule has 3 aromatic rings. The highest BCUT2D eigenvalue weighted by atomic mass is 16.5. The van der Waals surface area contributed by atoms with Gasteiger partial charge in [-0.25, -0.2) is 0 Å². The third-order valence-corrected chi connectivity index (χ3v) is 5.76. The van der Waals surface area contributed by atoms with Crippen molar-refractivity contribution in [2.45, 2.75) is 46.3 Å². The second-order valence-electron chi connectivity index (χ2n) is 8.24. The van der Waals surface area contributed by atoms with Crippen molar-refractivity contribution in [3.8, 4) is 17.3 Å². The number of hydrogen-bond acceptors (Lipinski definition) is 7. The van der Waals surface area contributed by atoms with Crippen molar-refractivity contribution in [1.29, 1.82) is 0 Å². The van der Waals surface area contributed by atoms with Crippen molar-refractivity contribution in [2.75, 3.05) is 27.3 Å². The van der Waals surface area contributed by atoms with E-state index in [2.05, 4.69) is 24.0 Å². The standard InChI is InChI=1S/C23H29N5O4/c1-14(2)28-18-10-12-31-13-17(18)21(25-28)22-24-20(26-32-22)9-11-27(4)23(29)16-7-6-8-19(30-5)15(16)3/h6-8,14H,9-13H2,1-5H3. The Morgan fingerprint density at radius 2 is 2.16 bits per heavy atom. The molecule has 32 heavy (non-hydrogen) atoms. The number of hydrogen-bond donors (Lipinski definition) is 0. The smallest absolute Gasteiger partial charge is 0.278 e. The molecule has 1 aliphatic heterocycles. The highest BCUT2D eigenvalue weighted by Crippen LogP contribution is 2.30. The lowest BCUT2D eigenvalue weighted by Gasteiger charge is -2.18. The van der Waals surface area contributed by atoms with Gasteiger partial charge in [-0.3, -0.25) is 9.48 Å². The van der Waals surface area contributed by atoms with Gasteiger partial charge in [-0.05, 0) is 32.9 Å². The Hall–Kier alpha value is -3.20. The normalized spacial score (nSPS) is 13.3. The molecule has 0 aliphatic carbocycles. The van der Waals surface area contributed by atoms with E-state index in [1.54, 1.807) is 25.1 Å². The van der Waals surface area contributed by atoms with Crippen LogP contribution in [0.15, 0.2) is 22.7 Å². The van der Waals surface area contributed by atoms with E-state index in [4.69, 9.17) is 19.1 Å². The van der Waals surface area contributed by atoms with E-state index in [9.17, 15) is 4.79 Å². The first-order chi connectivity index (χ1) is 15.4. The molecular weight excluding hydrogens is 410 g/mol. The summed E-state index contributed by atoms with van der Waals surface area (Å²) in [5, 5.41) is 8.84. The molecule has 0 fully saturated rings. The van der Waals surface area contributed by atoms with E-state index in [1.165, 1.54) is 5.69 Å². The monoisotopic (exact) mass is 439 g/mol. The number of carbonyl (C=O) groups excluding carboxylic acids is 1. The van der Waals surface area contributed by atoms with Gasteiger partial charge in [-0.15, -0.1) is 0 Å². The SMILES string of the molecule is COc1cccc(C(=O)N(C)CCc2noc(-c3nn(C(C)C)c4c3COCC4)n2)c1C. The van der Waals surface area contributed by atoms with Gasteiger partial charge in [-0.2, -0.15) is 10.1 Å². The molecule has 0 saturated carbocycles. The Balaban J connectivity index is 1.47. The van der Waals surface area contributed by atoms with Gasteiger partial charge in [0.05, 0.1) is 20.3 Å². The van der Waals surface area contributed by atoms with Gasteiger partial charge in [0.1, 0.15) is 5.75 Å². The number of benzene rings is 1. The van der Waals surface area contributed by atoms with Crippen molar-refractivity contribution in [3.63, 3.8) is 0 Å². The molecule has 1 aromatic carbocycles. The summed E-state index contributed by atoms with van der Waals surface area (Å²) >= 11 is 0. The Kier molecular flexibility index (Phi) is 6.27. The minimum atomic E-state index is -0.0768. The number of rotatable bonds is 7. The van der Waals surface area contributed by atoms with Crippen LogP contribution in [0.4, 0.5) is 0 Å². The molecule has 0 N–H and O–H groups in total. The molecular formula is C23H29N5O4. The van der Waals surface area contributed by atoms with E-state index in [0.717, 1.165) is 17.5 Å². The number of ether oxygens (including phenoxy) is 2. The van der Waals surface area contributed by atoms with Gasteiger partial charge in [0.2, 0.25) is 0 Å². The predicted octanol–water partition coefficient (Wildman–Crippen LogP) is 3.22. The number of aromatic nitrogens is 4. The first-order valence-electron chi connectivity index (χ1n) is 10.8. The maximum absolute atomic E-state index is 12.9. The van der Waals surface area contributed by atoms with E-state index >= 15 is 0 Å². The number of carbonyl (C=O) groups is 1. The van der Waals surface area contributed by atoms with Crippen molar-refractivity contribution in [1.82, 2.24) is 24.8 Å². The van der Waals surface area contributed by atoms with Gasteiger partial charge in [0.15, 0.2) is 11.5 Å². The fourth-order valence-corrected chi connectivity index (χ4v) is 3.96. The molecule has 3 heterocycles. The van der Waals surface area contributed by atoms with Crippen LogP contribution in [0.25, 0.3) is 11.6 Å². The molecule has 1 aliphatic rings. The lowest BCUT2D eigenvalue weighted by atomic mass is 10.1. The summed E-state index contributed by atoms with van der Waals surface area (Å²) in [4.78, 5) is 19.1. The minimum absolute atomic E-state index is 0.0768. The second-order valence-corrected chi connectivity index (χ2v) is 8.24. The third kappa shape index (κ3) is 4.12. The van der Waals surface area contributed by atoms with Crippen molar-refractivity contribution >= 4 is 5.91 Å². The summed E-state index contributed by atoms with van der Waals surface area (Å²) in [5.41, 5.74) is 4.30. The summed E-state index contributed by atoms with van der Waals surface area (Å²) in [6.07, 6.45) is 1.29. The summed E-state index contributed by atoms with van der Waals surface area (Å²) in [5.74, 6) is 1.54. The lowest BCUT2D eigenvalue weighted by molar-refractivity contribution is 0.0794. The molecule has 0 bridgehead atoms. The summed E-state index contributed by atoms with van der Waals surface area (Å²) < 4.78 is 18.5. The molecule has 9 nitrogen and oxygen atoms in total. The summed E-state index contributed by atoms with van der Waals surface area (Å²) in [6.45, 7) is 7.72. The van der Waals surface area contributed by atoms with Crippen LogP contribution in [0.2, 0.25) is 0 Å². The Morgan fingerprint density at radius 3 is 2.91 bits per heavy atom. The number of methoxy groups -OCH3 is 1. The molecule has 0 spiro atoms. The van der Waals surface area contributed by atoms with Crippen molar-refractivity contribution < 1.29 is 18.8 Å². The maximum atomic E-state index is 12.9. The van der Waals surface area contributed by atoms with Crippen LogP contribution in [0.3, 0.4) is 0 Å². The Morgan fingerprint density at radius 1 is 1.34 bits per heavy atom. The third-order valence-electron chi connectivity index (χ3n) is 5.76. The average Bonchev–Trinajstić information content (AvgIpc) is 3.42. The Bertz CT molecular complexity index is 1120. The fourth-order valence-electron chi connectivity index (χ4n) is 3.96. The zero-order valence-corrected chi connectivity index (χ0v) is 19.2. The van der Waals surface area contributed by atoms with Gasteiger partial charge in [-0.1, -0.05) is 11.2 Å². The Labute approximate surface area is 187 Å². The molecule has 0 radical (unpaired) electrons. The highest BCUT2D eigenvalue weighted by Gasteiger charge is 2.26. The van der Waals surface area contributed by atoms with Crippen LogP contribution < -0.4 is 4.74 Å². The summed E-state index contributed by atoms with van der Waals surface area (Å²) in [7, 11) is 3.36. The van der Waals surface area contributed by atoms with E-state index in [0.29, 0.717) is 54.9 Å². The number of fused-ring (bicyclic) bond motifs is 1. The molecule has 1 amide bonds. The van der Waals surface area contributed by atoms with Crippen molar-refractivity contribution in [2.24, 2.45) is 0 Å². The molecule has 4 rings (SSSR count). The maximum Gasteiger partial charge on any atom is 0.278 e. The first-order valence-corrected chi connectivity index (χ1v) is 10.8. The zero-order valence-electron chi connectivity index (χ0n) is 19.2. The van der Waals surface area contributed by atoms with Crippen LogP contribution in [0.5, 0.6) is 5.75 Å². The fraction of sp³-hybridized carbons (Fsp3) is 0.478. The number of amides is 1. The highest BCUT2D eigenvalue weighted by molar-refractivity contribution is 5.96. The van der Waals surface area contributed by atoms with E-state index < -0.39 is 0 Å². The lowest BCUT2D eigenvalue weighted by Crippen LogP contribution is -2.29. The molecule has 0 saturated heterocycles. The number of nitrogens with zero attached hydrogens (tertiary/aromatic N) is 5. The molecule has 0 unspecified atom stereocenters. The molecule has 0 atom stereocenters. The van der Waals surface area contributed by atoms with Gasteiger partial charge in [0.25, 0.3) is 11.8 Å². The van der Waals surface area contributed by atoms with Crippen LogP contribution in [0.1, 0.15) is 52.9 Å². The first kappa shape index (κ1) is 22.0. The van der Waals surface area contributed by atoms with Crippen LogP contribution in [0, 0.1) is 6.92 Å². The molecule has 9 heteroatoms. The molecule has 170 valence electrons. The summed E-state index contributed by atoms with van der Waals surface area (Å²) in [6, 6.07) is 5.70. The van der Waals surface area contributed by atoms with Crippen LogP contribution in [-0.2, 0) is 24.2 Å². The predicted molar refractivity (Wildman–Crippen MR) is 118 cm³/mol. The van der Waals surface area contributed by atoms with Gasteiger partial charge < -0.3 is 18.9 Å². The van der Waals surface area contributed by atoms with E-state index in [1.807, 2.05) is 23.7 Å². The van der Waals surface area contributed by atoms with Gasteiger partial charge >= 0.3 is 0 Å². The molecule has 2 aromatic heterocycles. The van der Waals surface area contributed by atoms with Crippen molar-refractivity contribution in [3.05, 3.63) is 46.4 Å². The largest absolute Gasteiger partial charge is 0.496 e. The number of likely N-dealkylation sites (N-methyl/N-ethyl adjacent to an activating group) is 1. The zero-order chi connectivity index (χ0) is 22.8. The average molecular weight is 440 g/mol. The van der Waals surface area contributed by atoms with E-state index in [-0.39, 0.29) is 11.9 Å². The minimum Gasteiger partial charge on any atom is -0.496 e. The topological polar surface area (TPSA) is 95.5 Å². The van der Waals surface area contributed by atoms with Crippen LogP contribution >= 0.6 is 0 Å².